The van der Waals surface area contributed by atoms with Crippen LogP contribution < -0.4 is 11.1 Å². The third-order valence-corrected chi connectivity index (χ3v) is 4.42. The Bertz CT molecular complexity index is 820. The summed E-state index contributed by atoms with van der Waals surface area (Å²) < 4.78 is 28.8. The maximum absolute atomic E-state index is 13.3. The summed E-state index contributed by atoms with van der Waals surface area (Å²) in [6, 6.07) is 3.11. The fourth-order valence-corrected chi connectivity index (χ4v) is 3.14. The Hall–Kier alpha value is -2.24. The van der Waals surface area contributed by atoms with Gasteiger partial charge in [0.2, 0.25) is 0 Å². The lowest BCUT2D eigenvalue weighted by Crippen LogP contribution is -2.41. The summed E-state index contributed by atoms with van der Waals surface area (Å²) in [7, 11) is 0. The van der Waals surface area contributed by atoms with Crippen LogP contribution in [0.4, 0.5) is 8.78 Å². The minimum Gasteiger partial charge on any atom is -0.309 e. The van der Waals surface area contributed by atoms with Gasteiger partial charge in [-0.15, -0.1) is 0 Å². The van der Waals surface area contributed by atoms with Crippen molar-refractivity contribution in [2.45, 2.75) is 38.6 Å². The number of benzene rings is 1. The van der Waals surface area contributed by atoms with E-state index < -0.39 is 22.8 Å². The first-order valence-electron chi connectivity index (χ1n) is 7.84. The van der Waals surface area contributed by atoms with Gasteiger partial charge in [0.15, 0.2) is 11.6 Å². The Labute approximate surface area is 132 Å². The zero-order chi connectivity index (χ0) is 16.4. The van der Waals surface area contributed by atoms with Crippen LogP contribution >= 0.6 is 0 Å². The molecule has 6 heteroatoms. The van der Waals surface area contributed by atoms with E-state index in [1.165, 1.54) is 23.3 Å². The summed E-state index contributed by atoms with van der Waals surface area (Å²) >= 11 is 0. The van der Waals surface area contributed by atoms with Gasteiger partial charge in [-0.2, -0.15) is 0 Å². The first kappa shape index (κ1) is 15.6. The summed E-state index contributed by atoms with van der Waals surface area (Å²) in [4.78, 5) is 24.5. The van der Waals surface area contributed by atoms with Gasteiger partial charge in [-0.05, 0) is 30.9 Å². The number of hydrogen-bond donors (Lipinski definition) is 0. The Morgan fingerprint density at radius 1 is 0.957 bits per heavy atom. The Kier molecular flexibility index (Phi) is 4.41. The largest absolute Gasteiger partial charge is 0.320 e. The van der Waals surface area contributed by atoms with Crippen LogP contribution in [0.3, 0.4) is 0 Å². The van der Waals surface area contributed by atoms with Crippen LogP contribution in [0.5, 0.6) is 0 Å². The fraction of sp³-hybridized carbons (Fsp3) is 0.412. The zero-order valence-corrected chi connectivity index (χ0v) is 12.7. The molecule has 4 nitrogen and oxygen atoms in total. The Morgan fingerprint density at radius 2 is 1.70 bits per heavy atom. The van der Waals surface area contributed by atoms with Crippen molar-refractivity contribution in [3.05, 3.63) is 62.9 Å². The molecule has 2 aromatic rings. The third-order valence-electron chi connectivity index (χ3n) is 4.42. The molecule has 122 valence electrons. The van der Waals surface area contributed by atoms with Gasteiger partial charge in [-0.3, -0.25) is 14.2 Å². The van der Waals surface area contributed by atoms with E-state index in [1.54, 1.807) is 6.20 Å². The maximum Gasteiger partial charge on any atom is 0.320 e. The number of hydrogen-bond acceptors (Lipinski definition) is 2. The third kappa shape index (κ3) is 3.25. The van der Waals surface area contributed by atoms with Crippen LogP contribution in [-0.4, -0.2) is 9.13 Å². The molecule has 0 spiro atoms. The lowest BCUT2D eigenvalue weighted by Gasteiger charge is -2.22. The lowest BCUT2D eigenvalue weighted by molar-refractivity contribution is 0.315. The van der Waals surface area contributed by atoms with Crippen molar-refractivity contribution in [1.82, 2.24) is 9.13 Å². The highest BCUT2D eigenvalue weighted by atomic mass is 19.2. The molecule has 1 saturated carbocycles. The second-order valence-electron chi connectivity index (χ2n) is 6.03. The number of nitrogens with zero attached hydrogens (tertiary/aromatic N) is 2. The van der Waals surface area contributed by atoms with E-state index in [0.717, 1.165) is 42.4 Å². The smallest absolute Gasteiger partial charge is 0.309 e. The van der Waals surface area contributed by atoms with Gasteiger partial charge in [-0.25, -0.2) is 8.78 Å². The number of rotatable bonds is 3. The van der Waals surface area contributed by atoms with E-state index in [1.807, 2.05) is 0 Å². The molecule has 1 aromatic heterocycles. The molecule has 1 aliphatic rings. The summed E-state index contributed by atoms with van der Waals surface area (Å²) in [5.74, 6) is -1.63. The SMILES string of the molecule is O=c1c(=O)n(-c2ccc(F)c(F)c2)ccn1CC1CCCCC1. The maximum atomic E-state index is 13.3. The quantitative estimate of drug-likeness (QED) is 0.816. The van der Waals surface area contributed by atoms with E-state index >= 15 is 0 Å². The van der Waals surface area contributed by atoms with Crippen molar-refractivity contribution >= 4 is 0 Å². The first-order chi connectivity index (χ1) is 11.1. The van der Waals surface area contributed by atoms with E-state index in [4.69, 9.17) is 0 Å². The minimum atomic E-state index is -1.05. The second kappa shape index (κ2) is 6.48. The fourth-order valence-electron chi connectivity index (χ4n) is 3.14. The van der Waals surface area contributed by atoms with E-state index in [9.17, 15) is 18.4 Å². The molecule has 23 heavy (non-hydrogen) atoms. The standard InChI is InChI=1S/C17H18F2N2O2/c18-14-7-6-13(10-15(14)19)21-9-8-20(16(22)17(21)23)11-12-4-2-1-3-5-12/h6-10,12H,1-5,11H2. The molecule has 0 bridgehead atoms. The highest BCUT2D eigenvalue weighted by molar-refractivity contribution is 5.32. The molecule has 0 radical (unpaired) electrons. The van der Waals surface area contributed by atoms with Gasteiger partial charge < -0.3 is 4.57 Å². The molecule has 0 N–H and O–H groups in total. The van der Waals surface area contributed by atoms with Crippen molar-refractivity contribution in [3.63, 3.8) is 0 Å². The lowest BCUT2D eigenvalue weighted by atomic mass is 9.89. The average molecular weight is 320 g/mol. The molecule has 0 aliphatic heterocycles. The van der Waals surface area contributed by atoms with Gasteiger partial charge in [-0.1, -0.05) is 19.3 Å². The van der Waals surface area contributed by atoms with Crippen molar-refractivity contribution in [2.24, 2.45) is 5.92 Å². The summed E-state index contributed by atoms with van der Waals surface area (Å²) in [5, 5.41) is 0. The van der Waals surface area contributed by atoms with Gasteiger partial charge in [0.25, 0.3) is 0 Å². The van der Waals surface area contributed by atoms with Crippen molar-refractivity contribution in [2.75, 3.05) is 0 Å². The van der Waals surface area contributed by atoms with Gasteiger partial charge in [0, 0.05) is 25.0 Å². The van der Waals surface area contributed by atoms with Gasteiger partial charge in [0.1, 0.15) is 0 Å². The van der Waals surface area contributed by atoms with Gasteiger partial charge >= 0.3 is 11.1 Å². The van der Waals surface area contributed by atoms with E-state index in [0.29, 0.717) is 12.5 Å². The summed E-state index contributed by atoms with van der Waals surface area (Å²) in [6.45, 7) is 0.534. The predicted octanol–water partition coefficient (Wildman–Crippen LogP) is 2.86. The van der Waals surface area contributed by atoms with Gasteiger partial charge in [0.05, 0.1) is 5.69 Å². The summed E-state index contributed by atoms with van der Waals surface area (Å²) in [6.07, 6.45) is 8.65. The molecule has 0 amide bonds. The topological polar surface area (TPSA) is 44.0 Å². The Balaban J connectivity index is 1.92. The van der Waals surface area contributed by atoms with Crippen molar-refractivity contribution in [3.8, 4) is 5.69 Å². The highest BCUT2D eigenvalue weighted by Crippen LogP contribution is 2.24. The molecular weight excluding hydrogens is 302 g/mol. The van der Waals surface area contributed by atoms with Crippen LogP contribution in [0.15, 0.2) is 40.2 Å². The molecule has 0 atom stereocenters. The van der Waals surface area contributed by atoms with Crippen LogP contribution in [0.1, 0.15) is 32.1 Å². The predicted molar refractivity (Wildman–Crippen MR) is 82.8 cm³/mol. The second-order valence-corrected chi connectivity index (χ2v) is 6.03. The normalized spacial score (nSPS) is 15.7. The van der Waals surface area contributed by atoms with Crippen LogP contribution in [0, 0.1) is 17.6 Å². The van der Waals surface area contributed by atoms with Crippen molar-refractivity contribution in [1.29, 1.82) is 0 Å². The molecule has 0 unspecified atom stereocenters. The van der Waals surface area contributed by atoms with Crippen molar-refractivity contribution < 1.29 is 8.78 Å². The van der Waals surface area contributed by atoms with E-state index in [2.05, 4.69) is 0 Å². The minimum absolute atomic E-state index is 0.135. The zero-order valence-electron chi connectivity index (χ0n) is 12.7. The van der Waals surface area contributed by atoms with Crippen LogP contribution in [0.2, 0.25) is 0 Å². The highest BCUT2D eigenvalue weighted by Gasteiger charge is 2.16. The molecule has 1 aliphatic carbocycles. The van der Waals surface area contributed by atoms with Crippen LogP contribution in [-0.2, 0) is 6.54 Å². The van der Waals surface area contributed by atoms with E-state index in [-0.39, 0.29) is 5.69 Å². The average Bonchev–Trinajstić information content (AvgIpc) is 2.56. The van der Waals surface area contributed by atoms with Crippen LogP contribution in [0.25, 0.3) is 5.69 Å². The molecular formula is C17H18F2N2O2. The molecule has 1 fully saturated rings. The molecule has 3 rings (SSSR count). The molecule has 0 saturated heterocycles. The summed E-state index contributed by atoms with van der Waals surface area (Å²) in [5.41, 5.74) is -1.26. The molecule has 1 heterocycles. The number of aromatic nitrogens is 2. The monoisotopic (exact) mass is 320 g/mol. The number of halogens is 2. The molecule has 1 aromatic carbocycles. The first-order valence-corrected chi connectivity index (χ1v) is 7.84. The Morgan fingerprint density at radius 3 is 2.39 bits per heavy atom.